The third kappa shape index (κ3) is 9.12. The summed E-state index contributed by atoms with van der Waals surface area (Å²) in [6.45, 7) is 5.70. The van der Waals surface area contributed by atoms with Gasteiger partial charge in [0.25, 0.3) is 0 Å². The molecular formula is C12H23N3O4. The molecule has 0 unspecified atom stereocenters. The average molecular weight is 273 g/mol. The van der Waals surface area contributed by atoms with Crippen molar-refractivity contribution in [2.45, 2.75) is 51.7 Å². The molecule has 0 saturated heterocycles. The minimum absolute atomic E-state index is 0.441. The molecule has 19 heavy (non-hydrogen) atoms. The van der Waals surface area contributed by atoms with Crippen LogP contribution >= 0.6 is 0 Å². The Labute approximate surface area is 113 Å². The van der Waals surface area contributed by atoms with Gasteiger partial charge in [0.05, 0.1) is 7.11 Å². The topological polar surface area (TPSA) is 103 Å². The Morgan fingerprint density at radius 2 is 1.89 bits per heavy atom. The molecule has 7 nitrogen and oxygen atoms in total. The second-order valence-corrected chi connectivity index (χ2v) is 5.02. The fourth-order valence-corrected chi connectivity index (χ4v) is 1.24. The van der Waals surface area contributed by atoms with Crippen LogP contribution in [0.4, 0.5) is 4.79 Å². The van der Waals surface area contributed by atoms with Gasteiger partial charge in [-0.1, -0.05) is 5.11 Å². The van der Waals surface area contributed by atoms with E-state index in [1.54, 1.807) is 20.8 Å². The minimum atomic E-state index is -0.819. The zero-order valence-corrected chi connectivity index (χ0v) is 12.0. The molecule has 0 aliphatic rings. The Morgan fingerprint density at radius 1 is 1.26 bits per heavy atom. The first-order valence-electron chi connectivity index (χ1n) is 6.22. The zero-order valence-electron chi connectivity index (χ0n) is 12.0. The number of hydrogen-bond acceptors (Lipinski definition) is 6. The lowest BCUT2D eigenvalue weighted by atomic mass is 10.1. The molecule has 0 radical (unpaired) electrons. The molecule has 0 aromatic carbocycles. The van der Waals surface area contributed by atoms with Gasteiger partial charge in [0.2, 0.25) is 0 Å². The largest absolute Gasteiger partial charge is 0.467 e. The van der Waals surface area contributed by atoms with Crippen molar-refractivity contribution >= 4 is 12.1 Å². The molecule has 0 fully saturated rings. The number of esters is 1. The van der Waals surface area contributed by atoms with Crippen LogP contribution in [-0.4, -0.2) is 37.4 Å². The van der Waals surface area contributed by atoms with Gasteiger partial charge in [-0.2, -0.15) is 5.11 Å². The fourth-order valence-electron chi connectivity index (χ4n) is 1.24. The third-order valence-corrected chi connectivity index (χ3v) is 2.08. The van der Waals surface area contributed by atoms with Crippen LogP contribution in [0, 0.1) is 0 Å². The second-order valence-electron chi connectivity index (χ2n) is 5.02. The number of nitrogens with zero attached hydrogens (tertiary/aromatic N) is 2. The van der Waals surface area contributed by atoms with Gasteiger partial charge < -0.3 is 15.2 Å². The van der Waals surface area contributed by atoms with E-state index in [2.05, 4.69) is 15.0 Å². The molecule has 1 atom stereocenters. The molecule has 7 heteroatoms. The summed E-state index contributed by atoms with van der Waals surface area (Å²) in [6, 6.07) is -0.788. The number of unbranched alkanes of at least 4 members (excludes halogenated alkanes) is 1. The van der Waals surface area contributed by atoms with E-state index < -0.39 is 23.7 Å². The van der Waals surface area contributed by atoms with E-state index in [4.69, 9.17) is 10.5 Å². The summed E-state index contributed by atoms with van der Waals surface area (Å²) in [6.07, 6.45) is 1.11. The number of nitrogens with two attached hydrogens (primary N) is 1. The maximum absolute atomic E-state index is 11.4. The first kappa shape index (κ1) is 17.5. The van der Waals surface area contributed by atoms with Crippen molar-refractivity contribution in [1.82, 2.24) is 0 Å². The summed E-state index contributed by atoms with van der Waals surface area (Å²) in [5.74, 6) is -0.524. The molecule has 0 heterocycles. The van der Waals surface area contributed by atoms with E-state index in [1.165, 1.54) is 7.11 Å². The molecule has 0 spiro atoms. The van der Waals surface area contributed by atoms with E-state index in [-0.39, 0.29) is 0 Å². The van der Waals surface area contributed by atoms with E-state index in [0.29, 0.717) is 19.4 Å². The highest BCUT2D eigenvalue weighted by atomic mass is 16.6. The molecule has 0 saturated carbocycles. The van der Waals surface area contributed by atoms with E-state index in [0.717, 1.165) is 6.42 Å². The van der Waals surface area contributed by atoms with Gasteiger partial charge in [0.1, 0.15) is 5.60 Å². The van der Waals surface area contributed by atoms with Crippen molar-refractivity contribution in [2.75, 3.05) is 13.7 Å². The van der Waals surface area contributed by atoms with Crippen molar-refractivity contribution < 1.29 is 19.1 Å². The van der Waals surface area contributed by atoms with Gasteiger partial charge in [-0.25, -0.2) is 9.59 Å². The van der Waals surface area contributed by atoms with E-state index in [9.17, 15) is 9.59 Å². The number of amides is 1. The number of methoxy groups -OCH3 is 1. The van der Waals surface area contributed by atoms with Gasteiger partial charge >= 0.3 is 12.1 Å². The van der Waals surface area contributed by atoms with Crippen LogP contribution in [0.25, 0.3) is 0 Å². The van der Waals surface area contributed by atoms with Crippen LogP contribution in [0.2, 0.25) is 0 Å². The smallest absolute Gasteiger partial charge is 0.452 e. The maximum atomic E-state index is 11.4. The van der Waals surface area contributed by atoms with Crippen molar-refractivity contribution in [3.8, 4) is 0 Å². The molecule has 110 valence electrons. The lowest BCUT2D eigenvalue weighted by Gasteiger charge is -2.17. The monoisotopic (exact) mass is 273 g/mol. The SMILES string of the molecule is COC(=O)[C@H](CCCCN)N=NC(=O)OC(C)(C)C. The highest BCUT2D eigenvalue weighted by Gasteiger charge is 2.20. The molecule has 0 aromatic rings. The van der Waals surface area contributed by atoms with E-state index >= 15 is 0 Å². The summed E-state index contributed by atoms with van der Waals surface area (Å²) >= 11 is 0. The summed E-state index contributed by atoms with van der Waals surface area (Å²) in [4.78, 5) is 22.8. The molecular weight excluding hydrogens is 250 g/mol. The minimum Gasteiger partial charge on any atom is -0.467 e. The highest BCUT2D eigenvalue weighted by Crippen LogP contribution is 2.11. The molecule has 0 aliphatic carbocycles. The number of rotatable bonds is 6. The first-order chi connectivity index (χ1) is 8.80. The Bertz CT molecular complexity index is 323. The quantitative estimate of drug-likeness (QED) is 0.453. The predicted octanol–water partition coefficient (Wildman–Crippen LogP) is 2.04. The molecule has 1 amide bonds. The fraction of sp³-hybridized carbons (Fsp3) is 0.833. The molecule has 0 bridgehead atoms. The predicted molar refractivity (Wildman–Crippen MR) is 69.8 cm³/mol. The Balaban J connectivity index is 4.45. The maximum Gasteiger partial charge on any atom is 0.452 e. The Hall–Kier alpha value is -1.50. The zero-order chi connectivity index (χ0) is 14.9. The molecule has 0 aromatic heterocycles. The number of hydrogen-bond donors (Lipinski definition) is 1. The third-order valence-electron chi connectivity index (χ3n) is 2.08. The van der Waals surface area contributed by atoms with Crippen molar-refractivity contribution in [1.29, 1.82) is 0 Å². The second kappa shape index (κ2) is 8.58. The van der Waals surface area contributed by atoms with Gasteiger partial charge in [-0.15, -0.1) is 0 Å². The highest BCUT2D eigenvalue weighted by molar-refractivity contribution is 5.76. The molecule has 0 rings (SSSR count). The lowest BCUT2D eigenvalue weighted by Crippen LogP contribution is -2.23. The molecule has 0 aliphatic heterocycles. The van der Waals surface area contributed by atoms with Gasteiger partial charge in [-0.3, -0.25) is 0 Å². The lowest BCUT2D eigenvalue weighted by molar-refractivity contribution is -0.142. The van der Waals surface area contributed by atoms with Gasteiger partial charge in [0.15, 0.2) is 6.04 Å². The number of carbonyl (C=O) groups is 2. The van der Waals surface area contributed by atoms with Crippen LogP contribution in [0.1, 0.15) is 40.0 Å². The summed E-state index contributed by atoms with van der Waals surface area (Å²) < 4.78 is 9.56. The van der Waals surface area contributed by atoms with E-state index in [1.807, 2.05) is 0 Å². The van der Waals surface area contributed by atoms with Crippen LogP contribution in [0.5, 0.6) is 0 Å². The summed E-state index contributed by atoms with van der Waals surface area (Å²) in [5, 5.41) is 7.07. The molecule has 2 N–H and O–H groups in total. The number of ether oxygens (including phenoxy) is 2. The van der Waals surface area contributed by atoms with Crippen molar-refractivity contribution in [3.63, 3.8) is 0 Å². The standard InChI is InChI=1S/C12H23N3O4/c1-12(2,3)19-11(17)15-14-9(10(16)18-4)7-5-6-8-13/h9H,5-8,13H2,1-4H3/t9-/m0/s1. The summed E-state index contributed by atoms with van der Waals surface area (Å²) in [7, 11) is 1.27. The first-order valence-corrected chi connectivity index (χ1v) is 6.22. The van der Waals surface area contributed by atoms with Crippen molar-refractivity contribution in [3.05, 3.63) is 0 Å². The normalized spacial score (nSPS) is 13.3. The number of azo groups is 1. The van der Waals surface area contributed by atoms with Crippen LogP contribution < -0.4 is 5.73 Å². The van der Waals surface area contributed by atoms with Crippen LogP contribution in [0.3, 0.4) is 0 Å². The number of carbonyl (C=O) groups excluding carboxylic acids is 2. The van der Waals surface area contributed by atoms with Crippen LogP contribution in [0.15, 0.2) is 10.2 Å². The van der Waals surface area contributed by atoms with Crippen molar-refractivity contribution in [2.24, 2.45) is 16.0 Å². The van der Waals surface area contributed by atoms with Crippen LogP contribution in [-0.2, 0) is 14.3 Å². The Kier molecular flexibility index (Phi) is 7.90. The Morgan fingerprint density at radius 3 is 2.37 bits per heavy atom. The van der Waals surface area contributed by atoms with Gasteiger partial charge in [0, 0.05) is 0 Å². The van der Waals surface area contributed by atoms with Gasteiger partial charge in [-0.05, 0) is 46.6 Å². The summed E-state index contributed by atoms with van der Waals surface area (Å²) in [5.41, 5.74) is 4.73. The average Bonchev–Trinajstić information content (AvgIpc) is 2.30.